The lowest BCUT2D eigenvalue weighted by atomic mass is 9.87. The van der Waals surface area contributed by atoms with Crippen LogP contribution in [0.1, 0.15) is 38.5 Å². The van der Waals surface area contributed by atoms with E-state index in [-0.39, 0.29) is 5.91 Å². The average molecular weight is 421 g/mol. The third-order valence-corrected chi connectivity index (χ3v) is 6.20. The second-order valence-corrected chi connectivity index (χ2v) is 8.63. The molecule has 6 heteroatoms. The van der Waals surface area contributed by atoms with E-state index in [1.807, 2.05) is 29.0 Å². The number of aliphatic hydroxyl groups is 1. The lowest BCUT2D eigenvalue weighted by Crippen LogP contribution is -2.52. The number of rotatable bonds is 5. The molecule has 2 fully saturated rings. The molecule has 1 saturated heterocycles. The Hall–Kier alpha value is -1.37. The Balaban J connectivity index is 1.56. The van der Waals surface area contributed by atoms with Gasteiger partial charge in [-0.1, -0.05) is 41.3 Å². The largest absolute Gasteiger partial charge is 0.383 e. The van der Waals surface area contributed by atoms with Gasteiger partial charge in [-0.15, -0.1) is 0 Å². The molecule has 1 aliphatic heterocycles. The maximum Gasteiger partial charge on any atom is 0.224 e. The summed E-state index contributed by atoms with van der Waals surface area (Å²) in [4.78, 5) is 12.6. The summed E-state index contributed by atoms with van der Waals surface area (Å²) in [5.74, 6) is 0.589. The van der Waals surface area contributed by atoms with Crippen LogP contribution < -0.4 is 5.32 Å². The smallest absolute Gasteiger partial charge is 0.224 e. The minimum atomic E-state index is -0.822. The van der Waals surface area contributed by atoms with E-state index >= 15 is 0 Å². The lowest BCUT2D eigenvalue weighted by Gasteiger charge is -2.36. The third-order valence-electron chi connectivity index (χ3n) is 5.53. The molecule has 2 N–H and O–H groups in total. The molecule has 1 saturated carbocycles. The van der Waals surface area contributed by atoms with E-state index in [0.29, 0.717) is 32.1 Å². The topological polar surface area (TPSA) is 63.5 Å². The van der Waals surface area contributed by atoms with Crippen LogP contribution in [0.2, 0.25) is 0 Å². The van der Waals surface area contributed by atoms with Crippen molar-refractivity contribution in [2.75, 3.05) is 18.5 Å². The van der Waals surface area contributed by atoms with Crippen molar-refractivity contribution in [2.24, 2.45) is 5.92 Å². The summed E-state index contributed by atoms with van der Waals surface area (Å²) in [5.41, 5.74) is 0.974. The Morgan fingerprint density at radius 3 is 2.77 bits per heavy atom. The second-order valence-electron chi connectivity index (χ2n) is 7.78. The van der Waals surface area contributed by atoms with Crippen LogP contribution in [0.15, 0.2) is 28.9 Å². The highest BCUT2D eigenvalue weighted by Gasteiger charge is 2.37. The van der Waals surface area contributed by atoms with Crippen LogP contribution in [0, 0.1) is 5.92 Å². The maximum atomic E-state index is 12.6. The Bertz CT molecular complexity index is 807. The highest BCUT2D eigenvalue weighted by Crippen LogP contribution is 2.35. The fraction of sp³-hybridized carbons (Fsp3) is 0.550. The first-order chi connectivity index (χ1) is 12.5. The van der Waals surface area contributed by atoms with Crippen LogP contribution in [0.3, 0.4) is 0 Å². The number of nitrogens with one attached hydrogen (secondary N) is 1. The van der Waals surface area contributed by atoms with E-state index in [1.165, 1.54) is 19.3 Å². The van der Waals surface area contributed by atoms with Gasteiger partial charge in [0.05, 0.1) is 31.0 Å². The number of fused-ring (bicyclic) bond motifs is 1. The van der Waals surface area contributed by atoms with Gasteiger partial charge in [0.15, 0.2) is 0 Å². The van der Waals surface area contributed by atoms with E-state index in [1.54, 1.807) is 0 Å². The minimum Gasteiger partial charge on any atom is -0.383 e. The first kappa shape index (κ1) is 18.0. The molecule has 1 aliphatic carbocycles. The molecule has 0 unspecified atom stereocenters. The quantitative estimate of drug-likeness (QED) is 0.765. The zero-order valence-corrected chi connectivity index (χ0v) is 16.4. The van der Waals surface area contributed by atoms with Crippen molar-refractivity contribution in [1.29, 1.82) is 0 Å². The number of halogens is 1. The van der Waals surface area contributed by atoms with E-state index in [2.05, 4.69) is 21.2 Å². The van der Waals surface area contributed by atoms with Crippen LogP contribution in [0.4, 0.5) is 5.69 Å². The van der Waals surface area contributed by atoms with Gasteiger partial charge < -0.3 is 19.7 Å². The molecule has 26 heavy (non-hydrogen) atoms. The molecule has 0 atom stereocenters. The SMILES string of the molecule is O=C(CC1CCCCC1)Nc1cn(CC2(O)COC2)c2cccc(Br)c12. The zero-order valence-electron chi connectivity index (χ0n) is 14.8. The molecule has 0 spiro atoms. The number of amides is 1. The Labute approximate surface area is 161 Å². The van der Waals surface area contributed by atoms with E-state index in [9.17, 15) is 9.90 Å². The standard InChI is InChI=1S/C20H25BrN2O3/c21-15-7-4-8-17-19(15)16(10-23(17)11-20(25)12-26-13-20)22-18(24)9-14-5-2-1-3-6-14/h4,7-8,10,14,25H,1-3,5-6,9,11-13H2,(H,22,24). The summed E-state index contributed by atoms with van der Waals surface area (Å²) < 4.78 is 8.12. The first-order valence-corrected chi connectivity index (χ1v) is 10.2. The number of ether oxygens (including phenoxy) is 1. The number of nitrogens with zero attached hydrogens (tertiary/aromatic N) is 1. The van der Waals surface area contributed by atoms with Crippen molar-refractivity contribution in [3.8, 4) is 0 Å². The van der Waals surface area contributed by atoms with Crippen LogP contribution >= 0.6 is 15.9 Å². The molecule has 4 rings (SSSR count). The van der Waals surface area contributed by atoms with Gasteiger partial charge in [-0.3, -0.25) is 4.79 Å². The monoisotopic (exact) mass is 420 g/mol. The van der Waals surface area contributed by atoms with Crippen LogP contribution in [-0.2, 0) is 16.1 Å². The van der Waals surface area contributed by atoms with E-state index in [0.717, 1.165) is 33.9 Å². The molecule has 1 amide bonds. The number of carbonyl (C=O) groups is 1. The van der Waals surface area contributed by atoms with E-state index in [4.69, 9.17) is 4.74 Å². The van der Waals surface area contributed by atoms with Gasteiger partial charge in [-0.25, -0.2) is 0 Å². The summed E-state index contributed by atoms with van der Waals surface area (Å²) in [6.07, 6.45) is 8.62. The lowest BCUT2D eigenvalue weighted by molar-refractivity contribution is -0.184. The molecule has 1 aromatic heterocycles. The molecule has 5 nitrogen and oxygen atoms in total. The predicted molar refractivity (Wildman–Crippen MR) is 105 cm³/mol. The normalized spacial score (nSPS) is 20.1. The van der Waals surface area contributed by atoms with E-state index < -0.39 is 5.60 Å². The maximum absolute atomic E-state index is 12.6. The molecular formula is C20H25BrN2O3. The highest BCUT2D eigenvalue weighted by atomic mass is 79.9. The molecule has 2 heterocycles. The fourth-order valence-corrected chi connectivity index (χ4v) is 4.70. The number of aromatic nitrogens is 1. The van der Waals surface area contributed by atoms with Crippen LogP contribution in [0.5, 0.6) is 0 Å². The van der Waals surface area contributed by atoms with Crippen molar-refractivity contribution in [3.05, 3.63) is 28.9 Å². The number of hydrogen-bond donors (Lipinski definition) is 2. The summed E-state index contributed by atoms with van der Waals surface area (Å²) in [5, 5.41) is 14.5. The fourth-order valence-electron chi connectivity index (χ4n) is 4.13. The van der Waals surface area contributed by atoms with Crippen LogP contribution in [0.25, 0.3) is 10.9 Å². The molecular weight excluding hydrogens is 396 g/mol. The summed E-state index contributed by atoms with van der Waals surface area (Å²) in [6, 6.07) is 5.96. The third kappa shape index (κ3) is 3.68. The van der Waals surface area contributed by atoms with Gasteiger partial charge in [-0.2, -0.15) is 0 Å². The first-order valence-electron chi connectivity index (χ1n) is 9.41. The van der Waals surface area contributed by atoms with Gasteiger partial charge in [0.25, 0.3) is 0 Å². The van der Waals surface area contributed by atoms with Crippen molar-refractivity contribution in [1.82, 2.24) is 4.57 Å². The number of carbonyl (C=O) groups excluding carboxylic acids is 1. The Morgan fingerprint density at radius 1 is 1.31 bits per heavy atom. The Kier molecular flexibility index (Phi) is 5.08. The second kappa shape index (κ2) is 7.33. The van der Waals surface area contributed by atoms with Gasteiger partial charge >= 0.3 is 0 Å². The highest BCUT2D eigenvalue weighted by molar-refractivity contribution is 9.10. The average Bonchev–Trinajstić information content (AvgIpc) is 2.93. The van der Waals surface area contributed by atoms with Crippen molar-refractivity contribution >= 4 is 38.4 Å². The molecule has 140 valence electrons. The minimum absolute atomic E-state index is 0.0809. The molecule has 2 aromatic rings. The van der Waals surface area contributed by atoms with Gasteiger partial charge in [-0.05, 0) is 30.9 Å². The molecule has 1 aromatic carbocycles. The van der Waals surface area contributed by atoms with Gasteiger partial charge in [0, 0.05) is 22.5 Å². The van der Waals surface area contributed by atoms with Crippen LogP contribution in [-0.4, -0.2) is 34.4 Å². The number of anilines is 1. The van der Waals surface area contributed by atoms with Crippen molar-refractivity contribution < 1.29 is 14.6 Å². The summed E-state index contributed by atoms with van der Waals surface area (Å²) in [7, 11) is 0. The Morgan fingerprint density at radius 2 is 2.08 bits per heavy atom. The summed E-state index contributed by atoms with van der Waals surface area (Å²) >= 11 is 3.61. The van der Waals surface area contributed by atoms with Crippen molar-refractivity contribution in [2.45, 2.75) is 50.7 Å². The van der Waals surface area contributed by atoms with Crippen molar-refractivity contribution in [3.63, 3.8) is 0 Å². The molecule has 2 aliphatic rings. The molecule has 0 radical (unpaired) electrons. The number of hydrogen-bond acceptors (Lipinski definition) is 3. The number of benzene rings is 1. The van der Waals surface area contributed by atoms with Gasteiger partial charge in [0.1, 0.15) is 5.60 Å². The zero-order chi connectivity index (χ0) is 18.1. The molecule has 0 bridgehead atoms. The summed E-state index contributed by atoms with van der Waals surface area (Å²) in [6.45, 7) is 1.16. The predicted octanol–water partition coefficient (Wildman–Crippen LogP) is 4.07. The van der Waals surface area contributed by atoms with Gasteiger partial charge in [0.2, 0.25) is 5.91 Å².